The number of hydrogen-bond acceptors (Lipinski definition) is 1. The summed E-state index contributed by atoms with van der Waals surface area (Å²) in [4.78, 5) is 0. The van der Waals surface area contributed by atoms with E-state index in [0.717, 1.165) is 0 Å². The van der Waals surface area contributed by atoms with Crippen LogP contribution in [0.25, 0.3) is 5.57 Å². The van der Waals surface area contributed by atoms with Crippen LogP contribution in [0.1, 0.15) is 12.5 Å². The van der Waals surface area contributed by atoms with E-state index in [9.17, 15) is 4.39 Å². The maximum Gasteiger partial charge on any atom is 0.130 e. The molecule has 0 bridgehead atoms. The monoisotopic (exact) mass is 203 g/mol. The zero-order chi connectivity index (χ0) is 11.3. The van der Waals surface area contributed by atoms with Gasteiger partial charge in [0.15, 0.2) is 0 Å². The number of hydrogen-bond donors (Lipinski definition) is 1. The molecule has 0 fully saturated rings. The number of nitrogens with one attached hydrogen (secondary N) is 1. The summed E-state index contributed by atoms with van der Waals surface area (Å²) in [6.45, 7) is 6.23. The van der Waals surface area contributed by atoms with E-state index in [1.807, 2.05) is 6.92 Å². The number of halogens is 1. The van der Waals surface area contributed by atoms with Crippen molar-refractivity contribution in [3.8, 4) is 12.3 Å². The third-order valence-corrected chi connectivity index (χ3v) is 2.25. The summed E-state index contributed by atoms with van der Waals surface area (Å²) in [5.74, 6) is 2.22. The van der Waals surface area contributed by atoms with Gasteiger partial charge in [-0.1, -0.05) is 30.7 Å². The lowest BCUT2D eigenvalue weighted by atomic mass is 10.0. The van der Waals surface area contributed by atoms with Crippen molar-refractivity contribution < 1.29 is 4.39 Å². The van der Waals surface area contributed by atoms with Crippen molar-refractivity contribution in [2.45, 2.75) is 13.0 Å². The lowest BCUT2D eigenvalue weighted by Gasteiger charge is -2.15. The molecule has 1 aromatic rings. The Morgan fingerprint density at radius 3 is 2.87 bits per heavy atom. The second kappa shape index (κ2) is 5.33. The number of benzene rings is 1. The van der Waals surface area contributed by atoms with Crippen molar-refractivity contribution in [3.05, 3.63) is 42.2 Å². The summed E-state index contributed by atoms with van der Waals surface area (Å²) in [6.07, 6.45) is 5.13. The zero-order valence-electron chi connectivity index (χ0n) is 8.76. The minimum atomic E-state index is -0.253. The highest BCUT2D eigenvalue weighted by Crippen LogP contribution is 2.19. The molecule has 0 saturated carbocycles. The first-order valence-corrected chi connectivity index (χ1v) is 4.77. The van der Waals surface area contributed by atoms with Gasteiger partial charge in [0.25, 0.3) is 0 Å². The SMILES string of the molecule is C#CCNC(C)C(=C)c1ccccc1F. The number of terminal acetylenes is 1. The van der Waals surface area contributed by atoms with Crippen LogP contribution in [0.15, 0.2) is 30.8 Å². The van der Waals surface area contributed by atoms with Crippen LogP contribution in [0.2, 0.25) is 0 Å². The Kier molecular flexibility index (Phi) is 4.08. The van der Waals surface area contributed by atoms with Crippen molar-refractivity contribution in [1.82, 2.24) is 5.32 Å². The van der Waals surface area contributed by atoms with Gasteiger partial charge in [-0.15, -0.1) is 6.42 Å². The van der Waals surface area contributed by atoms with Gasteiger partial charge < -0.3 is 0 Å². The van der Waals surface area contributed by atoms with Crippen LogP contribution in [-0.4, -0.2) is 12.6 Å². The second-order valence-electron chi connectivity index (χ2n) is 3.31. The highest BCUT2D eigenvalue weighted by Gasteiger charge is 2.10. The molecule has 78 valence electrons. The minimum absolute atomic E-state index is 0.0297. The zero-order valence-corrected chi connectivity index (χ0v) is 8.76. The van der Waals surface area contributed by atoms with E-state index >= 15 is 0 Å². The lowest BCUT2D eigenvalue weighted by Crippen LogP contribution is -2.27. The first-order valence-electron chi connectivity index (χ1n) is 4.77. The molecule has 1 N–H and O–H groups in total. The van der Waals surface area contributed by atoms with Crippen molar-refractivity contribution in [1.29, 1.82) is 0 Å². The van der Waals surface area contributed by atoms with Gasteiger partial charge in [-0.3, -0.25) is 5.32 Å². The van der Waals surface area contributed by atoms with Gasteiger partial charge in [0, 0.05) is 11.6 Å². The predicted octanol–water partition coefficient (Wildman–Crippen LogP) is 2.45. The third-order valence-electron chi connectivity index (χ3n) is 2.25. The molecule has 0 aliphatic rings. The Bertz CT molecular complexity index is 390. The Labute approximate surface area is 90.0 Å². The van der Waals surface area contributed by atoms with Gasteiger partial charge in [-0.05, 0) is 18.6 Å². The van der Waals surface area contributed by atoms with E-state index in [1.54, 1.807) is 18.2 Å². The van der Waals surface area contributed by atoms with E-state index < -0.39 is 0 Å². The molecule has 0 heterocycles. The summed E-state index contributed by atoms with van der Waals surface area (Å²) >= 11 is 0. The van der Waals surface area contributed by atoms with Crippen LogP contribution in [0, 0.1) is 18.2 Å². The summed E-state index contributed by atoms with van der Waals surface area (Å²) in [5, 5.41) is 3.06. The normalized spacial score (nSPS) is 11.8. The van der Waals surface area contributed by atoms with E-state index in [0.29, 0.717) is 17.7 Å². The van der Waals surface area contributed by atoms with Crippen LogP contribution in [0.4, 0.5) is 4.39 Å². The van der Waals surface area contributed by atoms with Crippen molar-refractivity contribution in [2.75, 3.05) is 6.54 Å². The van der Waals surface area contributed by atoms with Gasteiger partial charge >= 0.3 is 0 Å². The largest absolute Gasteiger partial charge is 0.300 e. The molecule has 1 nitrogen and oxygen atoms in total. The van der Waals surface area contributed by atoms with Crippen molar-refractivity contribution in [2.24, 2.45) is 0 Å². The predicted molar refractivity (Wildman–Crippen MR) is 61.7 cm³/mol. The fraction of sp³-hybridized carbons (Fsp3) is 0.231. The van der Waals surface area contributed by atoms with Crippen LogP contribution >= 0.6 is 0 Å². The Balaban J connectivity index is 2.77. The summed E-state index contributed by atoms with van der Waals surface area (Å²) < 4.78 is 13.4. The molecule has 15 heavy (non-hydrogen) atoms. The Hall–Kier alpha value is -1.59. The van der Waals surface area contributed by atoms with E-state index in [4.69, 9.17) is 6.42 Å². The van der Waals surface area contributed by atoms with Crippen LogP contribution in [0.5, 0.6) is 0 Å². The molecule has 0 saturated heterocycles. The summed E-state index contributed by atoms with van der Waals surface area (Å²) in [7, 11) is 0. The topological polar surface area (TPSA) is 12.0 Å². The van der Waals surface area contributed by atoms with Gasteiger partial charge in [0.05, 0.1) is 6.54 Å². The van der Waals surface area contributed by atoms with Crippen LogP contribution < -0.4 is 5.32 Å². The first-order chi connectivity index (χ1) is 7.16. The van der Waals surface area contributed by atoms with Gasteiger partial charge in [-0.2, -0.15) is 0 Å². The quantitative estimate of drug-likeness (QED) is 0.741. The number of rotatable bonds is 4. The van der Waals surface area contributed by atoms with E-state index in [1.165, 1.54) is 6.07 Å². The highest BCUT2D eigenvalue weighted by atomic mass is 19.1. The smallest absolute Gasteiger partial charge is 0.130 e. The van der Waals surface area contributed by atoms with E-state index in [-0.39, 0.29) is 11.9 Å². The maximum absolute atomic E-state index is 13.4. The maximum atomic E-state index is 13.4. The molecular weight excluding hydrogens is 189 g/mol. The van der Waals surface area contributed by atoms with Crippen molar-refractivity contribution >= 4 is 5.57 Å². The molecule has 1 rings (SSSR count). The highest BCUT2D eigenvalue weighted by molar-refractivity contribution is 5.67. The standard InChI is InChI=1S/C13H14FN/c1-4-9-15-11(3)10(2)12-7-5-6-8-13(12)14/h1,5-8,11,15H,2,9H2,3H3. The van der Waals surface area contributed by atoms with Gasteiger partial charge in [-0.25, -0.2) is 4.39 Å². The fourth-order valence-corrected chi connectivity index (χ4v) is 1.29. The average molecular weight is 203 g/mol. The molecule has 0 radical (unpaired) electrons. The second-order valence-corrected chi connectivity index (χ2v) is 3.31. The Morgan fingerprint density at radius 2 is 2.27 bits per heavy atom. The summed E-state index contributed by atoms with van der Waals surface area (Å²) in [6, 6.07) is 6.56. The van der Waals surface area contributed by atoms with Crippen molar-refractivity contribution in [3.63, 3.8) is 0 Å². The average Bonchev–Trinajstić information content (AvgIpc) is 2.25. The molecule has 2 heteroatoms. The fourth-order valence-electron chi connectivity index (χ4n) is 1.29. The third kappa shape index (κ3) is 2.93. The van der Waals surface area contributed by atoms with Gasteiger partial charge in [0.2, 0.25) is 0 Å². The minimum Gasteiger partial charge on any atom is -0.300 e. The molecule has 1 aromatic carbocycles. The van der Waals surface area contributed by atoms with Gasteiger partial charge in [0.1, 0.15) is 5.82 Å². The van der Waals surface area contributed by atoms with E-state index in [2.05, 4.69) is 17.8 Å². The first kappa shape index (κ1) is 11.5. The Morgan fingerprint density at radius 1 is 1.60 bits per heavy atom. The molecule has 0 amide bonds. The molecule has 1 atom stereocenters. The van der Waals surface area contributed by atoms with Crippen LogP contribution in [-0.2, 0) is 0 Å². The molecular formula is C13H14FN. The molecule has 1 unspecified atom stereocenters. The summed E-state index contributed by atoms with van der Waals surface area (Å²) in [5.41, 5.74) is 1.25. The molecule has 0 aromatic heterocycles. The lowest BCUT2D eigenvalue weighted by molar-refractivity contribution is 0.618. The molecule has 0 spiro atoms. The molecule has 0 aliphatic carbocycles. The molecule has 0 aliphatic heterocycles. The van der Waals surface area contributed by atoms with Crippen LogP contribution in [0.3, 0.4) is 0 Å².